The van der Waals surface area contributed by atoms with E-state index in [-0.39, 0.29) is 11.7 Å². The number of alkyl carbamates (subject to hydrolysis) is 1. The summed E-state index contributed by atoms with van der Waals surface area (Å²) in [7, 11) is 0. The van der Waals surface area contributed by atoms with E-state index in [1.54, 1.807) is 0 Å². The maximum absolute atomic E-state index is 11.1. The number of carbonyl (C=O) groups is 1. The fourth-order valence-electron chi connectivity index (χ4n) is 2.63. The predicted octanol–water partition coefficient (Wildman–Crippen LogP) is 1.37. The number of hydrogen-bond acceptors (Lipinski definition) is 3. The van der Waals surface area contributed by atoms with Crippen LogP contribution in [0.4, 0.5) is 4.79 Å². The van der Waals surface area contributed by atoms with Crippen LogP contribution in [0.1, 0.15) is 12.0 Å². The molecule has 2 saturated heterocycles. The van der Waals surface area contributed by atoms with Crippen molar-refractivity contribution in [1.82, 2.24) is 10.2 Å². The molecule has 1 aromatic carbocycles. The summed E-state index contributed by atoms with van der Waals surface area (Å²) in [4.78, 5) is 13.5. The third-order valence-corrected chi connectivity index (χ3v) is 3.51. The lowest BCUT2D eigenvalue weighted by molar-refractivity contribution is 0.0629. The molecule has 0 bridgehead atoms. The Balaban J connectivity index is 1.63. The maximum Gasteiger partial charge on any atom is 0.407 e. The molecule has 2 heterocycles. The van der Waals surface area contributed by atoms with Crippen LogP contribution in [-0.2, 0) is 11.3 Å². The smallest absolute Gasteiger partial charge is 0.407 e. The molecule has 2 aliphatic heterocycles. The van der Waals surface area contributed by atoms with Gasteiger partial charge in [0.25, 0.3) is 0 Å². The summed E-state index contributed by atoms with van der Waals surface area (Å²) in [5.41, 5.74) is 1.04. The van der Waals surface area contributed by atoms with Gasteiger partial charge in [0.15, 0.2) is 0 Å². The zero-order valence-corrected chi connectivity index (χ0v) is 9.69. The molecule has 0 radical (unpaired) electrons. The molecule has 1 spiro atoms. The number of carbonyl (C=O) groups excluding carboxylic acids is 1. The second kappa shape index (κ2) is 4.04. The van der Waals surface area contributed by atoms with Gasteiger partial charge in [0, 0.05) is 26.1 Å². The average molecular weight is 232 g/mol. The Bertz CT molecular complexity index is 421. The second-order valence-electron chi connectivity index (χ2n) is 4.87. The summed E-state index contributed by atoms with van der Waals surface area (Å²) >= 11 is 0. The van der Waals surface area contributed by atoms with Crippen LogP contribution in [0.25, 0.3) is 0 Å². The van der Waals surface area contributed by atoms with Gasteiger partial charge in [-0.2, -0.15) is 0 Å². The number of ether oxygens (including phenoxy) is 1. The zero-order chi connectivity index (χ0) is 11.7. The average Bonchev–Trinajstić information content (AvgIpc) is 2.88. The van der Waals surface area contributed by atoms with Crippen molar-refractivity contribution in [3.05, 3.63) is 35.9 Å². The van der Waals surface area contributed by atoms with E-state index in [1.807, 2.05) is 6.07 Å². The molecule has 1 aromatic rings. The quantitative estimate of drug-likeness (QED) is 0.837. The van der Waals surface area contributed by atoms with Gasteiger partial charge in [0.2, 0.25) is 0 Å². The minimum atomic E-state index is -0.272. The standard InChI is InChI=1S/C13H16N2O2/c16-12-14-9-13(17-12)6-7-15(10-13)8-11-4-2-1-3-5-11/h1-5H,6-10H2,(H,14,16)/t13-/m0/s1. The summed E-state index contributed by atoms with van der Waals surface area (Å²) < 4.78 is 5.39. The molecule has 4 heteroatoms. The third-order valence-electron chi connectivity index (χ3n) is 3.51. The van der Waals surface area contributed by atoms with Crippen molar-refractivity contribution >= 4 is 6.09 Å². The van der Waals surface area contributed by atoms with Crippen LogP contribution in [0.5, 0.6) is 0 Å². The number of benzene rings is 1. The molecule has 2 fully saturated rings. The van der Waals surface area contributed by atoms with Gasteiger partial charge in [-0.05, 0) is 5.56 Å². The number of rotatable bonds is 2. The molecule has 2 aliphatic rings. The van der Waals surface area contributed by atoms with Crippen molar-refractivity contribution in [1.29, 1.82) is 0 Å². The topological polar surface area (TPSA) is 41.6 Å². The van der Waals surface area contributed by atoms with Crippen LogP contribution in [0.15, 0.2) is 30.3 Å². The first-order valence-electron chi connectivity index (χ1n) is 5.99. The van der Waals surface area contributed by atoms with Crippen LogP contribution in [0, 0.1) is 0 Å². The molecule has 1 amide bonds. The first-order valence-corrected chi connectivity index (χ1v) is 5.99. The molecule has 3 rings (SSSR count). The van der Waals surface area contributed by atoms with Gasteiger partial charge in [-0.15, -0.1) is 0 Å². The Labute approximate surface area is 101 Å². The second-order valence-corrected chi connectivity index (χ2v) is 4.87. The molecule has 4 nitrogen and oxygen atoms in total. The normalized spacial score (nSPS) is 28.4. The van der Waals surface area contributed by atoms with Gasteiger partial charge in [-0.25, -0.2) is 4.79 Å². The number of amides is 1. The van der Waals surface area contributed by atoms with Gasteiger partial charge in [-0.3, -0.25) is 4.90 Å². The van der Waals surface area contributed by atoms with Gasteiger partial charge < -0.3 is 10.1 Å². The fourth-order valence-corrected chi connectivity index (χ4v) is 2.63. The Morgan fingerprint density at radius 2 is 2.18 bits per heavy atom. The van der Waals surface area contributed by atoms with E-state index in [2.05, 4.69) is 34.5 Å². The van der Waals surface area contributed by atoms with Crippen molar-refractivity contribution in [2.45, 2.75) is 18.6 Å². The summed E-state index contributed by atoms with van der Waals surface area (Å²) in [6.45, 7) is 3.40. The molecule has 0 saturated carbocycles. The van der Waals surface area contributed by atoms with E-state index in [0.717, 1.165) is 26.1 Å². The Morgan fingerprint density at radius 3 is 2.88 bits per heavy atom. The first-order chi connectivity index (χ1) is 8.26. The van der Waals surface area contributed by atoms with Crippen LogP contribution in [-0.4, -0.2) is 36.2 Å². The van der Waals surface area contributed by atoms with Crippen molar-refractivity contribution in [2.75, 3.05) is 19.6 Å². The van der Waals surface area contributed by atoms with E-state index in [1.165, 1.54) is 5.56 Å². The largest absolute Gasteiger partial charge is 0.440 e. The summed E-state index contributed by atoms with van der Waals surface area (Å²) in [5.74, 6) is 0. The summed E-state index contributed by atoms with van der Waals surface area (Å²) in [6.07, 6.45) is 0.657. The van der Waals surface area contributed by atoms with Gasteiger partial charge in [0.1, 0.15) is 5.60 Å². The Kier molecular flexibility index (Phi) is 2.52. The van der Waals surface area contributed by atoms with Crippen molar-refractivity contribution in [3.63, 3.8) is 0 Å². The number of nitrogens with one attached hydrogen (secondary N) is 1. The number of likely N-dealkylation sites (tertiary alicyclic amines) is 1. The highest BCUT2D eigenvalue weighted by Gasteiger charge is 2.45. The molecule has 90 valence electrons. The van der Waals surface area contributed by atoms with E-state index >= 15 is 0 Å². The number of nitrogens with zero attached hydrogens (tertiary/aromatic N) is 1. The van der Waals surface area contributed by atoms with E-state index in [4.69, 9.17) is 4.74 Å². The third kappa shape index (κ3) is 2.13. The predicted molar refractivity (Wildman–Crippen MR) is 63.6 cm³/mol. The lowest BCUT2D eigenvalue weighted by Gasteiger charge is -2.21. The maximum atomic E-state index is 11.1. The zero-order valence-electron chi connectivity index (χ0n) is 9.69. The number of hydrogen-bond donors (Lipinski definition) is 1. The van der Waals surface area contributed by atoms with Gasteiger partial charge >= 0.3 is 6.09 Å². The lowest BCUT2D eigenvalue weighted by Crippen LogP contribution is -2.36. The summed E-state index contributed by atoms with van der Waals surface area (Å²) in [5, 5.41) is 2.75. The van der Waals surface area contributed by atoms with Crippen LogP contribution in [0.3, 0.4) is 0 Å². The monoisotopic (exact) mass is 232 g/mol. The van der Waals surface area contributed by atoms with Gasteiger partial charge in [-0.1, -0.05) is 30.3 Å². The molecule has 0 aliphatic carbocycles. The van der Waals surface area contributed by atoms with Gasteiger partial charge in [0.05, 0.1) is 6.54 Å². The van der Waals surface area contributed by atoms with E-state index in [0.29, 0.717) is 6.54 Å². The molecule has 1 N–H and O–H groups in total. The highest BCUT2D eigenvalue weighted by atomic mass is 16.6. The minimum absolute atomic E-state index is 0.272. The van der Waals surface area contributed by atoms with E-state index in [9.17, 15) is 4.79 Å². The molecule has 1 atom stereocenters. The molecule has 0 aromatic heterocycles. The first kappa shape index (κ1) is 10.6. The SMILES string of the molecule is O=C1NC[C@]2(CCN(Cc3ccccc3)C2)O1. The molecular weight excluding hydrogens is 216 g/mol. The highest BCUT2D eigenvalue weighted by molar-refractivity contribution is 5.70. The van der Waals surface area contributed by atoms with Crippen molar-refractivity contribution in [2.24, 2.45) is 0 Å². The van der Waals surface area contributed by atoms with Crippen LogP contribution in [0.2, 0.25) is 0 Å². The molecule has 17 heavy (non-hydrogen) atoms. The van der Waals surface area contributed by atoms with E-state index < -0.39 is 0 Å². The van der Waals surface area contributed by atoms with Crippen LogP contribution >= 0.6 is 0 Å². The lowest BCUT2D eigenvalue weighted by atomic mass is 10.0. The minimum Gasteiger partial charge on any atom is -0.440 e. The van der Waals surface area contributed by atoms with Crippen LogP contribution < -0.4 is 5.32 Å². The Morgan fingerprint density at radius 1 is 1.35 bits per heavy atom. The van der Waals surface area contributed by atoms with Crippen molar-refractivity contribution < 1.29 is 9.53 Å². The summed E-state index contributed by atoms with van der Waals surface area (Å²) in [6, 6.07) is 10.4. The highest BCUT2D eigenvalue weighted by Crippen LogP contribution is 2.29. The fraction of sp³-hybridized carbons (Fsp3) is 0.462. The molecular formula is C13H16N2O2. The molecule has 0 unspecified atom stereocenters. The Hall–Kier alpha value is -1.55. The van der Waals surface area contributed by atoms with Crippen molar-refractivity contribution in [3.8, 4) is 0 Å².